The Kier molecular flexibility index (Phi) is 3.81. The zero-order valence-corrected chi connectivity index (χ0v) is 11.8. The van der Waals surface area contributed by atoms with Crippen molar-refractivity contribution in [2.24, 2.45) is 0 Å². The molecule has 2 N–H and O–H groups in total. The average molecular weight is 289 g/mol. The summed E-state index contributed by atoms with van der Waals surface area (Å²) in [5.74, 6) is 0.128. The number of aryl methyl sites for hydroxylation is 1. The molecular formula is C15H15NO3S. The quantitative estimate of drug-likeness (QED) is 0.850. The van der Waals surface area contributed by atoms with Gasteiger partial charge in [0.05, 0.1) is 4.90 Å². The maximum absolute atomic E-state index is 12.2. The van der Waals surface area contributed by atoms with Gasteiger partial charge in [0.2, 0.25) is 0 Å². The molecule has 0 radical (unpaired) electrons. The molecule has 0 saturated heterocycles. The van der Waals surface area contributed by atoms with Gasteiger partial charge in [-0.2, -0.15) is 0 Å². The summed E-state index contributed by atoms with van der Waals surface area (Å²) in [6.45, 7) is 5.32. The zero-order valence-electron chi connectivity index (χ0n) is 11.0. The summed E-state index contributed by atoms with van der Waals surface area (Å²) < 4.78 is 26.9. The standard InChI is InChI=1S/C15H15NO3S/c1-3-12-4-7-14(8-5-12)20(18,19)16-13-6-9-15(17)11(2)10-13/h3-10,16-17H,1H2,2H3. The average Bonchev–Trinajstić information content (AvgIpc) is 2.43. The largest absolute Gasteiger partial charge is 0.508 e. The van der Waals surface area contributed by atoms with Gasteiger partial charge in [-0.25, -0.2) is 8.42 Å². The smallest absolute Gasteiger partial charge is 0.261 e. The highest BCUT2D eigenvalue weighted by atomic mass is 32.2. The number of anilines is 1. The number of rotatable bonds is 4. The van der Waals surface area contributed by atoms with Crippen LogP contribution in [0.3, 0.4) is 0 Å². The second kappa shape index (κ2) is 5.38. The van der Waals surface area contributed by atoms with Crippen LogP contribution in [0.1, 0.15) is 11.1 Å². The summed E-state index contributed by atoms with van der Waals surface area (Å²) in [6, 6.07) is 10.9. The van der Waals surface area contributed by atoms with E-state index in [0.29, 0.717) is 11.3 Å². The maximum atomic E-state index is 12.2. The molecule has 0 atom stereocenters. The van der Waals surface area contributed by atoms with Crippen LogP contribution in [0.2, 0.25) is 0 Å². The molecule has 104 valence electrons. The summed E-state index contributed by atoms with van der Waals surface area (Å²) >= 11 is 0. The van der Waals surface area contributed by atoms with Gasteiger partial charge in [-0.3, -0.25) is 4.72 Å². The van der Waals surface area contributed by atoms with E-state index in [4.69, 9.17) is 0 Å². The van der Waals surface area contributed by atoms with Crippen LogP contribution >= 0.6 is 0 Å². The molecule has 0 unspecified atom stereocenters. The fourth-order valence-electron chi connectivity index (χ4n) is 1.72. The van der Waals surface area contributed by atoms with Gasteiger partial charge in [-0.1, -0.05) is 24.8 Å². The lowest BCUT2D eigenvalue weighted by molar-refractivity contribution is 0.471. The van der Waals surface area contributed by atoms with Gasteiger partial charge in [0.15, 0.2) is 0 Å². The summed E-state index contributed by atoms with van der Waals surface area (Å²) in [5.41, 5.74) is 1.87. The number of sulfonamides is 1. The lowest BCUT2D eigenvalue weighted by Gasteiger charge is -2.09. The third-order valence-corrected chi connectivity index (χ3v) is 4.27. The highest BCUT2D eigenvalue weighted by Gasteiger charge is 2.14. The number of nitrogens with one attached hydrogen (secondary N) is 1. The van der Waals surface area contributed by atoms with Crippen molar-refractivity contribution in [2.75, 3.05) is 4.72 Å². The van der Waals surface area contributed by atoms with Crippen molar-refractivity contribution in [3.05, 3.63) is 60.2 Å². The molecule has 20 heavy (non-hydrogen) atoms. The summed E-state index contributed by atoms with van der Waals surface area (Å²) in [6.07, 6.45) is 1.65. The molecule has 5 heteroatoms. The van der Waals surface area contributed by atoms with Gasteiger partial charge in [0.25, 0.3) is 10.0 Å². The first-order valence-electron chi connectivity index (χ1n) is 5.97. The summed E-state index contributed by atoms with van der Waals surface area (Å²) in [5, 5.41) is 9.43. The highest BCUT2D eigenvalue weighted by molar-refractivity contribution is 7.92. The number of phenols is 1. The van der Waals surface area contributed by atoms with E-state index in [1.165, 1.54) is 24.3 Å². The van der Waals surface area contributed by atoms with Gasteiger partial charge in [-0.15, -0.1) is 0 Å². The molecule has 0 bridgehead atoms. The zero-order chi connectivity index (χ0) is 14.8. The summed E-state index contributed by atoms with van der Waals surface area (Å²) in [4.78, 5) is 0.175. The first-order chi connectivity index (χ1) is 9.42. The first-order valence-corrected chi connectivity index (χ1v) is 7.45. The van der Waals surface area contributed by atoms with Crippen LogP contribution < -0.4 is 4.72 Å². The SMILES string of the molecule is C=Cc1ccc(S(=O)(=O)Nc2ccc(O)c(C)c2)cc1. The van der Waals surface area contributed by atoms with Crippen molar-refractivity contribution in [3.63, 3.8) is 0 Å². The molecule has 0 amide bonds. The molecule has 0 spiro atoms. The van der Waals surface area contributed by atoms with E-state index in [0.717, 1.165) is 5.56 Å². The number of phenolic OH excluding ortho intramolecular Hbond substituents is 1. The monoisotopic (exact) mass is 289 g/mol. The Morgan fingerprint density at radius 2 is 1.80 bits per heavy atom. The molecule has 2 aromatic carbocycles. The van der Waals surface area contributed by atoms with Crippen molar-refractivity contribution >= 4 is 21.8 Å². The minimum Gasteiger partial charge on any atom is -0.508 e. The van der Waals surface area contributed by atoms with Gasteiger partial charge in [0.1, 0.15) is 5.75 Å². The third kappa shape index (κ3) is 3.00. The Bertz CT molecular complexity index is 734. The van der Waals surface area contributed by atoms with Gasteiger partial charge >= 0.3 is 0 Å². The Morgan fingerprint density at radius 1 is 1.15 bits per heavy atom. The van der Waals surface area contributed by atoms with Crippen LogP contribution in [0.5, 0.6) is 5.75 Å². The number of benzene rings is 2. The Hall–Kier alpha value is -2.27. The van der Waals surface area contributed by atoms with Crippen LogP contribution in [0.15, 0.2) is 53.9 Å². The van der Waals surface area contributed by atoms with Crippen LogP contribution in [-0.4, -0.2) is 13.5 Å². The van der Waals surface area contributed by atoms with E-state index in [9.17, 15) is 13.5 Å². The normalized spacial score (nSPS) is 11.1. The minimum atomic E-state index is -3.63. The summed E-state index contributed by atoms with van der Waals surface area (Å²) in [7, 11) is -3.63. The van der Waals surface area contributed by atoms with Gasteiger partial charge in [0, 0.05) is 5.69 Å². The fourth-order valence-corrected chi connectivity index (χ4v) is 2.77. The molecule has 4 nitrogen and oxygen atoms in total. The molecule has 0 aromatic heterocycles. The molecule has 2 rings (SSSR count). The minimum absolute atomic E-state index is 0.128. The second-order valence-electron chi connectivity index (χ2n) is 4.38. The third-order valence-electron chi connectivity index (χ3n) is 2.88. The Morgan fingerprint density at radius 3 is 2.35 bits per heavy atom. The molecular weight excluding hydrogens is 274 g/mol. The van der Waals surface area contributed by atoms with Gasteiger partial charge in [-0.05, 0) is 48.4 Å². The van der Waals surface area contributed by atoms with Crippen molar-refractivity contribution in [1.29, 1.82) is 0 Å². The lowest BCUT2D eigenvalue weighted by atomic mass is 10.2. The molecule has 0 fully saturated rings. The van der Waals surface area contributed by atoms with E-state index in [1.54, 1.807) is 31.2 Å². The molecule has 0 saturated carbocycles. The molecule has 0 aliphatic carbocycles. The highest BCUT2D eigenvalue weighted by Crippen LogP contribution is 2.22. The molecule has 0 aliphatic rings. The van der Waals surface area contributed by atoms with Crippen LogP contribution in [0, 0.1) is 6.92 Å². The maximum Gasteiger partial charge on any atom is 0.261 e. The predicted octanol–water partition coefficient (Wildman–Crippen LogP) is 3.14. The number of aromatic hydroxyl groups is 1. The van der Waals surface area contributed by atoms with Crippen molar-refractivity contribution in [2.45, 2.75) is 11.8 Å². The van der Waals surface area contributed by atoms with Crippen LogP contribution in [0.25, 0.3) is 6.08 Å². The number of hydrogen-bond acceptors (Lipinski definition) is 3. The van der Waals surface area contributed by atoms with Crippen molar-refractivity contribution < 1.29 is 13.5 Å². The molecule has 2 aromatic rings. The van der Waals surface area contributed by atoms with Crippen LogP contribution in [-0.2, 0) is 10.0 Å². The topological polar surface area (TPSA) is 66.4 Å². The van der Waals surface area contributed by atoms with E-state index in [2.05, 4.69) is 11.3 Å². The Labute approximate surface area is 118 Å². The number of hydrogen-bond donors (Lipinski definition) is 2. The second-order valence-corrected chi connectivity index (χ2v) is 6.06. The first kappa shape index (κ1) is 14.1. The van der Waals surface area contributed by atoms with Crippen molar-refractivity contribution in [1.82, 2.24) is 0 Å². The van der Waals surface area contributed by atoms with Gasteiger partial charge < -0.3 is 5.11 Å². The van der Waals surface area contributed by atoms with Crippen LogP contribution in [0.4, 0.5) is 5.69 Å². The fraction of sp³-hybridized carbons (Fsp3) is 0.0667. The molecule has 0 aliphatic heterocycles. The van der Waals surface area contributed by atoms with Crippen molar-refractivity contribution in [3.8, 4) is 5.75 Å². The van der Waals surface area contributed by atoms with E-state index in [1.807, 2.05) is 0 Å². The van der Waals surface area contributed by atoms with E-state index < -0.39 is 10.0 Å². The van der Waals surface area contributed by atoms with E-state index in [-0.39, 0.29) is 10.6 Å². The van der Waals surface area contributed by atoms with E-state index >= 15 is 0 Å². The predicted molar refractivity (Wildman–Crippen MR) is 80.2 cm³/mol. The molecule has 0 heterocycles. The Balaban J connectivity index is 2.29. The lowest BCUT2D eigenvalue weighted by Crippen LogP contribution is -2.12.